The lowest BCUT2D eigenvalue weighted by Gasteiger charge is -2.18. The largest absolute Gasteiger partial charge is 0.477 e. The third-order valence-electron chi connectivity index (χ3n) is 3.91. The molecule has 1 unspecified atom stereocenters. The summed E-state index contributed by atoms with van der Waals surface area (Å²) in [5, 5.41) is 20.4. The van der Waals surface area contributed by atoms with E-state index >= 15 is 0 Å². The number of nitrogens with zero attached hydrogens (tertiary/aromatic N) is 1. The molecule has 0 heterocycles. The van der Waals surface area contributed by atoms with E-state index in [0.29, 0.717) is 6.42 Å². The van der Waals surface area contributed by atoms with Crippen LogP contribution in [0.3, 0.4) is 0 Å². The van der Waals surface area contributed by atoms with Gasteiger partial charge in [-0.1, -0.05) is 49.7 Å². The Kier molecular flexibility index (Phi) is 6.43. The van der Waals surface area contributed by atoms with E-state index in [1.807, 2.05) is 37.3 Å². The maximum atomic E-state index is 12.6. The number of ether oxygens (including phenoxy) is 1. The Balaban J connectivity index is 2.36. The molecule has 2 rings (SSSR count). The zero-order chi connectivity index (χ0) is 19.1. The van der Waals surface area contributed by atoms with E-state index in [1.165, 1.54) is 12.1 Å². The summed E-state index contributed by atoms with van der Waals surface area (Å²) in [7, 11) is 0. The minimum Gasteiger partial charge on any atom is -0.477 e. The van der Waals surface area contributed by atoms with Crippen LogP contribution in [0.15, 0.2) is 48.5 Å². The molecule has 0 aliphatic heterocycles. The Labute approximate surface area is 150 Å². The van der Waals surface area contributed by atoms with Gasteiger partial charge >= 0.3 is 11.9 Å². The van der Waals surface area contributed by atoms with Gasteiger partial charge < -0.3 is 9.84 Å². The first-order valence-electron chi connectivity index (χ1n) is 8.22. The number of benzene rings is 2. The molecule has 26 heavy (non-hydrogen) atoms. The molecule has 0 saturated heterocycles. The Morgan fingerprint density at radius 1 is 1.15 bits per heavy atom. The summed E-state index contributed by atoms with van der Waals surface area (Å²) < 4.78 is 5.53. The van der Waals surface area contributed by atoms with Crippen molar-refractivity contribution in [2.24, 2.45) is 0 Å². The maximum absolute atomic E-state index is 12.6. The standard InChI is InChI=1S/C19H19NO6/c1-2-3-12-16(13-8-5-4-6-9-13)26-19(23)14-10-7-11-15(20(24)25)17(14)18(21)22/h4-11,16H,2-3,12H2,1H3,(H,21,22). The third-order valence-corrected chi connectivity index (χ3v) is 3.91. The summed E-state index contributed by atoms with van der Waals surface area (Å²) >= 11 is 0. The molecule has 0 saturated carbocycles. The normalized spacial score (nSPS) is 11.6. The first-order valence-corrected chi connectivity index (χ1v) is 8.22. The van der Waals surface area contributed by atoms with Gasteiger partial charge in [-0.05, 0) is 24.5 Å². The highest BCUT2D eigenvalue weighted by Crippen LogP contribution is 2.28. The Morgan fingerprint density at radius 2 is 1.85 bits per heavy atom. The predicted molar refractivity (Wildman–Crippen MR) is 94.2 cm³/mol. The lowest BCUT2D eigenvalue weighted by atomic mass is 10.0. The molecule has 0 aliphatic carbocycles. The van der Waals surface area contributed by atoms with Gasteiger partial charge in [-0.3, -0.25) is 10.1 Å². The number of hydrogen-bond donors (Lipinski definition) is 1. The third kappa shape index (κ3) is 4.44. The number of nitro groups is 1. The first-order chi connectivity index (χ1) is 12.5. The first kappa shape index (κ1) is 19.1. The van der Waals surface area contributed by atoms with Crippen molar-refractivity contribution in [3.05, 3.63) is 75.3 Å². The van der Waals surface area contributed by atoms with Crippen LogP contribution in [0.25, 0.3) is 0 Å². The van der Waals surface area contributed by atoms with Crippen LogP contribution in [0.4, 0.5) is 5.69 Å². The molecule has 136 valence electrons. The molecule has 0 bridgehead atoms. The van der Waals surface area contributed by atoms with Gasteiger partial charge in [-0.2, -0.15) is 0 Å². The predicted octanol–water partition coefficient (Wildman–Crippen LogP) is 4.38. The Morgan fingerprint density at radius 3 is 2.42 bits per heavy atom. The van der Waals surface area contributed by atoms with Gasteiger partial charge in [0, 0.05) is 6.07 Å². The zero-order valence-electron chi connectivity index (χ0n) is 14.3. The van der Waals surface area contributed by atoms with E-state index in [1.54, 1.807) is 0 Å². The fourth-order valence-electron chi connectivity index (χ4n) is 2.63. The lowest BCUT2D eigenvalue weighted by Crippen LogP contribution is -2.16. The van der Waals surface area contributed by atoms with E-state index in [0.717, 1.165) is 24.5 Å². The second-order valence-corrected chi connectivity index (χ2v) is 5.71. The van der Waals surface area contributed by atoms with Gasteiger partial charge in [0.25, 0.3) is 5.69 Å². The number of rotatable bonds is 8. The second-order valence-electron chi connectivity index (χ2n) is 5.71. The van der Waals surface area contributed by atoms with E-state index in [4.69, 9.17) is 4.74 Å². The number of unbranched alkanes of at least 4 members (excludes halogenated alkanes) is 1. The fourth-order valence-corrected chi connectivity index (χ4v) is 2.63. The Bertz CT molecular complexity index is 803. The number of carboxylic acids is 1. The molecule has 1 atom stereocenters. The van der Waals surface area contributed by atoms with E-state index in [2.05, 4.69) is 0 Å². The minimum absolute atomic E-state index is 0.330. The van der Waals surface area contributed by atoms with Crippen molar-refractivity contribution in [1.82, 2.24) is 0 Å². The number of carbonyl (C=O) groups excluding carboxylic acids is 1. The van der Waals surface area contributed by atoms with E-state index in [-0.39, 0.29) is 5.56 Å². The minimum atomic E-state index is -1.55. The number of carboxylic acid groups (broad SMARTS) is 1. The SMILES string of the molecule is CCCCC(OC(=O)c1cccc([N+](=O)[O-])c1C(=O)O)c1ccccc1. The lowest BCUT2D eigenvalue weighted by molar-refractivity contribution is -0.385. The molecule has 2 aromatic carbocycles. The number of hydrogen-bond acceptors (Lipinski definition) is 5. The summed E-state index contributed by atoms with van der Waals surface area (Å²) in [4.78, 5) is 34.3. The molecule has 2 aromatic rings. The van der Waals surface area contributed by atoms with E-state index < -0.39 is 34.2 Å². The highest BCUT2D eigenvalue weighted by Gasteiger charge is 2.29. The van der Waals surface area contributed by atoms with Crippen molar-refractivity contribution >= 4 is 17.6 Å². The molecular weight excluding hydrogens is 338 g/mol. The second kappa shape index (κ2) is 8.75. The molecule has 0 radical (unpaired) electrons. The zero-order valence-corrected chi connectivity index (χ0v) is 14.3. The number of esters is 1. The van der Waals surface area contributed by atoms with E-state index in [9.17, 15) is 24.8 Å². The summed E-state index contributed by atoms with van der Waals surface area (Å²) in [5.41, 5.74) is -0.845. The average molecular weight is 357 g/mol. The van der Waals surface area contributed by atoms with Crippen LogP contribution in [-0.2, 0) is 4.74 Å². The smallest absolute Gasteiger partial charge is 0.343 e. The summed E-state index contributed by atoms with van der Waals surface area (Å²) in [6.45, 7) is 2.01. The summed E-state index contributed by atoms with van der Waals surface area (Å²) in [5.74, 6) is -2.44. The highest BCUT2D eigenvalue weighted by molar-refractivity contribution is 6.05. The highest BCUT2D eigenvalue weighted by atomic mass is 16.6. The van der Waals surface area contributed by atoms with Crippen LogP contribution >= 0.6 is 0 Å². The topological polar surface area (TPSA) is 107 Å². The Hall–Kier alpha value is -3.22. The van der Waals surface area contributed by atoms with Crippen molar-refractivity contribution < 1.29 is 24.4 Å². The van der Waals surface area contributed by atoms with Gasteiger partial charge in [-0.25, -0.2) is 9.59 Å². The quantitative estimate of drug-likeness (QED) is 0.427. The van der Waals surface area contributed by atoms with Crippen LogP contribution in [0.5, 0.6) is 0 Å². The van der Waals surface area contributed by atoms with Gasteiger partial charge in [0.2, 0.25) is 0 Å². The van der Waals surface area contributed by atoms with Gasteiger partial charge in [-0.15, -0.1) is 0 Å². The van der Waals surface area contributed by atoms with Crippen molar-refractivity contribution in [2.45, 2.75) is 32.3 Å². The number of carbonyl (C=O) groups is 2. The molecule has 1 N–H and O–H groups in total. The van der Waals surface area contributed by atoms with Crippen molar-refractivity contribution in [3.63, 3.8) is 0 Å². The van der Waals surface area contributed by atoms with Crippen molar-refractivity contribution in [2.75, 3.05) is 0 Å². The molecule has 0 aliphatic rings. The molecule has 0 aromatic heterocycles. The van der Waals surface area contributed by atoms with Crippen LogP contribution < -0.4 is 0 Å². The van der Waals surface area contributed by atoms with Gasteiger partial charge in [0.15, 0.2) is 5.56 Å². The summed E-state index contributed by atoms with van der Waals surface area (Å²) in [6, 6.07) is 12.7. The summed E-state index contributed by atoms with van der Waals surface area (Å²) in [6.07, 6.45) is 1.74. The van der Waals surface area contributed by atoms with Crippen LogP contribution in [0, 0.1) is 10.1 Å². The molecule has 0 amide bonds. The fraction of sp³-hybridized carbons (Fsp3) is 0.263. The van der Waals surface area contributed by atoms with Crippen LogP contribution in [0.1, 0.15) is 58.6 Å². The van der Waals surface area contributed by atoms with Crippen LogP contribution in [0.2, 0.25) is 0 Å². The van der Waals surface area contributed by atoms with Crippen molar-refractivity contribution in [1.29, 1.82) is 0 Å². The van der Waals surface area contributed by atoms with Gasteiger partial charge in [0.05, 0.1) is 10.5 Å². The molecule has 0 spiro atoms. The number of aromatic carboxylic acids is 1. The van der Waals surface area contributed by atoms with Crippen LogP contribution in [-0.4, -0.2) is 22.0 Å². The van der Waals surface area contributed by atoms with Gasteiger partial charge in [0.1, 0.15) is 6.10 Å². The average Bonchev–Trinajstić information content (AvgIpc) is 2.64. The number of nitro benzene ring substituents is 1. The van der Waals surface area contributed by atoms with Crippen molar-refractivity contribution in [3.8, 4) is 0 Å². The maximum Gasteiger partial charge on any atom is 0.343 e. The molecule has 0 fully saturated rings. The molecule has 7 nitrogen and oxygen atoms in total. The monoisotopic (exact) mass is 357 g/mol. The molecule has 7 heteroatoms. The molecular formula is C19H19NO6.